The van der Waals surface area contributed by atoms with Gasteiger partial charge in [-0.2, -0.15) is 0 Å². The quantitative estimate of drug-likeness (QED) is 0.502. The number of halogens is 1. The molecule has 1 heterocycles. The van der Waals surface area contributed by atoms with Crippen LogP contribution in [0.2, 0.25) is 0 Å². The molecule has 5 nitrogen and oxygen atoms in total. The zero-order chi connectivity index (χ0) is 19.6. The van der Waals surface area contributed by atoms with E-state index in [0.29, 0.717) is 18.5 Å². The van der Waals surface area contributed by atoms with E-state index >= 15 is 0 Å². The van der Waals surface area contributed by atoms with Crippen molar-refractivity contribution in [3.8, 4) is 0 Å². The highest BCUT2D eigenvalue weighted by Crippen LogP contribution is 2.17. The van der Waals surface area contributed by atoms with Crippen LogP contribution in [0.5, 0.6) is 0 Å². The predicted octanol–water partition coefficient (Wildman–Crippen LogP) is 3.93. The standard InChI is InChI=1S/C21H33BrN4O/c1-4-17(5-2)20(27)26-13-11-19(12-14-26)25-21(23-6-3)24-15-16-7-9-18(22)10-8-16/h7-10,17,19H,4-6,11-15H2,1-3H3,(H2,23,24,25). The summed E-state index contributed by atoms with van der Waals surface area (Å²) < 4.78 is 1.08. The van der Waals surface area contributed by atoms with Crippen LogP contribution in [0.1, 0.15) is 52.0 Å². The smallest absolute Gasteiger partial charge is 0.225 e. The number of nitrogens with zero attached hydrogens (tertiary/aromatic N) is 2. The largest absolute Gasteiger partial charge is 0.357 e. The summed E-state index contributed by atoms with van der Waals surface area (Å²) in [6.45, 7) is 9.43. The van der Waals surface area contributed by atoms with Gasteiger partial charge in [0.1, 0.15) is 0 Å². The van der Waals surface area contributed by atoms with E-state index in [0.717, 1.165) is 55.7 Å². The van der Waals surface area contributed by atoms with Crippen molar-refractivity contribution in [2.24, 2.45) is 10.9 Å². The van der Waals surface area contributed by atoms with Gasteiger partial charge in [0.25, 0.3) is 0 Å². The van der Waals surface area contributed by atoms with Crippen LogP contribution in [-0.4, -0.2) is 42.4 Å². The van der Waals surface area contributed by atoms with Crippen LogP contribution in [0.15, 0.2) is 33.7 Å². The van der Waals surface area contributed by atoms with Crippen molar-refractivity contribution in [1.29, 1.82) is 0 Å². The second kappa shape index (κ2) is 11.3. The van der Waals surface area contributed by atoms with Crippen molar-refractivity contribution in [1.82, 2.24) is 15.5 Å². The molecule has 0 aromatic heterocycles. The van der Waals surface area contributed by atoms with Crippen LogP contribution >= 0.6 is 15.9 Å². The van der Waals surface area contributed by atoms with Gasteiger partial charge in [-0.05, 0) is 50.3 Å². The molecule has 1 saturated heterocycles. The van der Waals surface area contributed by atoms with Crippen molar-refractivity contribution in [2.45, 2.75) is 59.0 Å². The van der Waals surface area contributed by atoms with Crippen LogP contribution in [0.3, 0.4) is 0 Å². The van der Waals surface area contributed by atoms with Gasteiger partial charge in [-0.1, -0.05) is 41.9 Å². The van der Waals surface area contributed by atoms with Gasteiger partial charge in [-0.3, -0.25) is 4.79 Å². The lowest BCUT2D eigenvalue weighted by molar-refractivity contribution is -0.136. The number of piperidine rings is 1. The molecule has 0 saturated carbocycles. The first kappa shape index (κ1) is 21.7. The maximum Gasteiger partial charge on any atom is 0.225 e. The fraction of sp³-hybridized carbons (Fsp3) is 0.619. The summed E-state index contributed by atoms with van der Waals surface area (Å²) in [5, 5.41) is 6.88. The van der Waals surface area contributed by atoms with E-state index in [1.165, 1.54) is 5.56 Å². The number of nitrogens with one attached hydrogen (secondary N) is 2. The highest BCUT2D eigenvalue weighted by atomic mass is 79.9. The Morgan fingerprint density at radius 2 is 1.81 bits per heavy atom. The molecule has 6 heteroatoms. The summed E-state index contributed by atoms with van der Waals surface area (Å²) >= 11 is 3.46. The van der Waals surface area contributed by atoms with Crippen LogP contribution in [0, 0.1) is 5.92 Å². The Morgan fingerprint density at radius 3 is 2.37 bits per heavy atom. The van der Waals surface area contributed by atoms with E-state index in [4.69, 9.17) is 4.99 Å². The molecule has 0 spiro atoms. The maximum absolute atomic E-state index is 12.5. The third kappa shape index (κ3) is 6.83. The van der Waals surface area contributed by atoms with Crippen molar-refractivity contribution in [3.63, 3.8) is 0 Å². The number of hydrogen-bond donors (Lipinski definition) is 2. The van der Waals surface area contributed by atoms with Gasteiger partial charge in [-0.15, -0.1) is 0 Å². The topological polar surface area (TPSA) is 56.7 Å². The van der Waals surface area contributed by atoms with Crippen molar-refractivity contribution >= 4 is 27.8 Å². The number of hydrogen-bond acceptors (Lipinski definition) is 2. The van der Waals surface area contributed by atoms with Crippen molar-refractivity contribution in [2.75, 3.05) is 19.6 Å². The van der Waals surface area contributed by atoms with Gasteiger partial charge in [0.15, 0.2) is 5.96 Å². The first-order valence-corrected chi connectivity index (χ1v) is 10.9. The molecule has 1 aliphatic heterocycles. The fourth-order valence-electron chi connectivity index (χ4n) is 3.41. The summed E-state index contributed by atoms with van der Waals surface area (Å²) in [5.74, 6) is 1.36. The number of likely N-dealkylation sites (tertiary alicyclic amines) is 1. The first-order chi connectivity index (χ1) is 13.1. The number of amides is 1. The minimum atomic E-state index is 0.180. The highest BCUT2D eigenvalue weighted by molar-refractivity contribution is 9.10. The zero-order valence-corrected chi connectivity index (χ0v) is 18.4. The average molecular weight is 437 g/mol. The van der Waals surface area contributed by atoms with E-state index in [1.54, 1.807) is 0 Å². The Morgan fingerprint density at radius 1 is 1.19 bits per heavy atom. The monoisotopic (exact) mass is 436 g/mol. The minimum absolute atomic E-state index is 0.180. The Kier molecular flexibility index (Phi) is 9.11. The first-order valence-electron chi connectivity index (χ1n) is 10.1. The Balaban J connectivity index is 1.87. The molecule has 0 unspecified atom stereocenters. The SMILES string of the molecule is CCNC(=NCc1ccc(Br)cc1)NC1CCN(C(=O)C(CC)CC)CC1. The summed E-state index contributed by atoms with van der Waals surface area (Å²) in [7, 11) is 0. The molecule has 0 radical (unpaired) electrons. The van der Waals surface area contributed by atoms with Gasteiger partial charge in [0.2, 0.25) is 5.91 Å². The second-order valence-corrected chi connectivity index (χ2v) is 7.99. The van der Waals surface area contributed by atoms with Gasteiger partial charge in [-0.25, -0.2) is 4.99 Å². The molecule has 1 aromatic rings. The summed E-state index contributed by atoms with van der Waals surface area (Å²) in [4.78, 5) is 19.3. The third-order valence-corrected chi connectivity index (χ3v) is 5.69. The molecule has 2 N–H and O–H groups in total. The van der Waals surface area contributed by atoms with E-state index in [-0.39, 0.29) is 5.92 Å². The van der Waals surface area contributed by atoms with Gasteiger partial charge >= 0.3 is 0 Å². The van der Waals surface area contributed by atoms with E-state index < -0.39 is 0 Å². The second-order valence-electron chi connectivity index (χ2n) is 7.08. The predicted molar refractivity (Wildman–Crippen MR) is 116 cm³/mol. The Bertz CT molecular complexity index is 605. The molecule has 0 bridgehead atoms. The average Bonchev–Trinajstić information content (AvgIpc) is 2.69. The summed E-state index contributed by atoms with van der Waals surface area (Å²) in [6, 6.07) is 8.60. The number of aliphatic imine (C=N–C) groups is 1. The van der Waals surface area contributed by atoms with Crippen molar-refractivity contribution < 1.29 is 4.79 Å². The lowest BCUT2D eigenvalue weighted by atomic mass is 9.98. The molecular formula is C21H33BrN4O. The maximum atomic E-state index is 12.5. The van der Waals surface area contributed by atoms with Crippen LogP contribution in [-0.2, 0) is 11.3 Å². The summed E-state index contributed by atoms with van der Waals surface area (Å²) in [6.07, 6.45) is 3.80. The Hall–Kier alpha value is -1.56. The highest BCUT2D eigenvalue weighted by Gasteiger charge is 2.26. The molecule has 1 amide bonds. The van der Waals surface area contributed by atoms with Gasteiger partial charge < -0.3 is 15.5 Å². The van der Waals surface area contributed by atoms with E-state index in [1.807, 2.05) is 17.0 Å². The Labute approximate surface area is 172 Å². The molecule has 2 rings (SSSR count). The van der Waals surface area contributed by atoms with E-state index in [2.05, 4.69) is 59.5 Å². The number of guanidine groups is 1. The van der Waals surface area contributed by atoms with E-state index in [9.17, 15) is 4.79 Å². The molecule has 1 aliphatic rings. The normalized spacial score (nSPS) is 15.9. The number of carbonyl (C=O) groups is 1. The molecular weight excluding hydrogens is 404 g/mol. The van der Waals surface area contributed by atoms with Crippen LogP contribution < -0.4 is 10.6 Å². The lowest BCUT2D eigenvalue weighted by Gasteiger charge is -2.34. The molecule has 1 aromatic carbocycles. The van der Waals surface area contributed by atoms with Gasteiger partial charge in [0.05, 0.1) is 6.54 Å². The fourth-order valence-corrected chi connectivity index (χ4v) is 3.68. The van der Waals surface area contributed by atoms with Crippen LogP contribution in [0.25, 0.3) is 0 Å². The van der Waals surface area contributed by atoms with Crippen LogP contribution in [0.4, 0.5) is 0 Å². The molecule has 0 aliphatic carbocycles. The molecule has 27 heavy (non-hydrogen) atoms. The third-order valence-electron chi connectivity index (χ3n) is 5.16. The number of benzene rings is 1. The van der Waals surface area contributed by atoms with Gasteiger partial charge in [0, 0.05) is 36.1 Å². The molecule has 150 valence electrons. The number of rotatable bonds is 7. The minimum Gasteiger partial charge on any atom is -0.357 e. The molecule has 1 fully saturated rings. The van der Waals surface area contributed by atoms with Crippen molar-refractivity contribution in [3.05, 3.63) is 34.3 Å². The lowest BCUT2D eigenvalue weighted by Crippen LogP contribution is -2.50. The molecule has 0 atom stereocenters. The summed E-state index contributed by atoms with van der Waals surface area (Å²) in [5.41, 5.74) is 1.18. The number of carbonyl (C=O) groups excluding carboxylic acids is 1. The zero-order valence-electron chi connectivity index (χ0n) is 16.8.